The van der Waals surface area contributed by atoms with E-state index in [0.717, 1.165) is 41.3 Å². The molecule has 1 fully saturated rings. The molecule has 3 atom stereocenters. The maximum absolute atomic E-state index is 13.4. The molecule has 0 radical (unpaired) electrons. The Hall–Kier alpha value is -4.26. The molecular weight excluding hydrogens is 571 g/mol. The highest BCUT2D eigenvalue weighted by Gasteiger charge is 2.44. The zero-order valence-electron chi connectivity index (χ0n) is 22.0. The first-order chi connectivity index (χ1) is 20.1. The number of ether oxygens (including phenoxy) is 2. The van der Waals surface area contributed by atoms with E-state index < -0.39 is 40.3 Å². The molecule has 0 bridgehead atoms. The van der Waals surface area contributed by atoms with E-state index in [1.54, 1.807) is 0 Å². The second kappa shape index (κ2) is 10.9. The summed E-state index contributed by atoms with van der Waals surface area (Å²) in [5.74, 6) is 0.649. The summed E-state index contributed by atoms with van der Waals surface area (Å²) in [5.41, 5.74) is 2.27. The Balaban J connectivity index is 1.36. The van der Waals surface area contributed by atoms with Crippen molar-refractivity contribution in [1.29, 1.82) is 0 Å². The summed E-state index contributed by atoms with van der Waals surface area (Å²) >= 11 is 0. The molecule has 4 aromatic rings. The molecule has 2 aliphatic rings. The fraction of sp³-hybridized carbons (Fsp3) is 0.200. The Morgan fingerprint density at radius 2 is 1.38 bits per heavy atom. The number of nitrogens with one attached hydrogen (secondary N) is 1. The summed E-state index contributed by atoms with van der Waals surface area (Å²) in [7, 11) is -4.25. The van der Waals surface area contributed by atoms with Gasteiger partial charge in [0.05, 0.1) is 34.5 Å². The van der Waals surface area contributed by atoms with Gasteiger partial charge in [-0.25, -0.2) is 13.1 Å². The van der Waals surface area contributed by atoms with Crippen LogP contribution in [0.3, 0.4) is 0 Å². The van der Waals surface area contributed by atoms with E-state index >= 15 is 0 Å². The Kier molecular flexibility index (Phi) is 7.21. The minimum absolute atomic E-state index is 0.143. The molecule has 8 nitrogen and oxygen atoms in total. The third kappa shape index (κ3) is 5.60. The molecule has 0 spiro atoms. The lowest BCUT2D eigenvalue weighted by Crippen LogP contribution is -2.65. The van der Waals surface area contributed by atoms with Gasteiger partial charge in [0.15, 0.2) is 11.5 Å². The van der Waals surface area contributed by atoms with Gasteiger partial charge in [0.1, 0.15) is 5.75 Å². The molecule has 42 heavy (non-hydrogen) atoms. The number of halogens is 3. The number of alkyl halides is 3. The van der Waals surface area contributed by atoms with Crippen LogP contribution in [0, 0.1) is 0 Å². The Morgan fingerprint density at radius 1 is 0.810 bits per heavy atom. The van der Waals surface area contributed by atoms with Crippen molar-refractivity contribution in [3.05, 3.63) is 103 Å². The topological polar surface area (TPSA) is 91.3 Å². The van der Waals surface area contributed by atoms with Gasteiger partial charge >= 0.3 is 6.36 Å². The van der Waals surface area contributed by atoms with Crippen LogP contribution in [0.25, 0.3) is 0 Å². The first-order valence-corrected chi connectivity index (χ1v) is 14.6. The van der Waals surface area contributed by atoms with Crippen LogP contribution in [-0.4, -0.2) is 51.2 Å². The summed E-state index contributed by atoms with van der Waals surface area (Å²) in [4.78, 5) is 3.70. The van der Waals surface area contributed by atoms with Gasteiger partial charge in [0.25, 0.3) is 0 Å². The maximum Gasteiger partial charge on any atom is 0.573 e. The summed E-state index contributed by atoms with van der Waals surface area (Å²) < 4.78 is 77.2. The number of aliphatic hydroxyl groups excluding tert-OH is 1. The molecule has 2 N–H and O–H groups in total. The average Bonchev–Trinajstić information content (AvgIpc) is 2.97. The molecular formula is C30H26F3N3O5S. The van der Waals surface area contributed by atoms with E-state index in [0.29, 0.717) is 18.0 Å². The highest BCUT2D eigenvalue weighted by Crippen LogP contribution is 2.48. The van der Waals surface area contributed by atoms with Gasteiger partial charge in [-0.1, -0.05) is 42.5 Å². The van der Waals surface area contributed by atoms with E-state index in [4.69, 9.17) is 4.74 Å². The quantitative estimate of drug-likeness (QED) is 0.307. The van der Waals surface area contributed by atoms with Crippen molar-refractivity contribution in [3.63, 3.8) is 0 Å². The normalized spacial score (nSPS) is 20.3. The fourth-order valence-electron chi connectivity index (χ4n) is 5.39. The Morgan fingerprint density at radius 3 is 1.98 bits per heavy atom. The van der Waals surface area contributed by atoms with Crippen LogP contribution in [-0.2, 0) is 10.0 Å². The minimum atomic E-state index is -4.91. The van der Waals surface area contributed by atoms with Crippen molar-refractivity contribution in [2.75, 3.05) is 22.9 Å². The van der Waals surface area contributed by atoms with Gasteiger partial charge in [-0.15, -0.1) is 13.2 Å². The number of hydrogen-bond acceptors (Lipinski definition) is 7. The first-order valence-electron chi connectivity index (χ1n) is 13.1. The number of fused-ring (bicyclic) bond motifs is 2. The van der Waals surface area contributed by atoms with Crippen LogP contribution in [0.1, 0.15) is 0 Å². The standard InChI is InChI=1S/C30H26F3N3O5S/c31-30(32,33)41-21-14-16-22(17-15-21)42(38,39)34-23-18-35(20-8-2-1-3-9-20)19-26(29(23)37)36-24-10-4-6-12-27(24)40-28-13-7-5-11-25(28)36/h1-17,23,26,29,34,37H,18-19H2/t23-,26+,29+/m1/s1. The van der Waals surface area contributed by atoms with Crippen molar-refractivity contribution in [2.45, 2.75) is 29.4 Å². The first kappa shape index (κ1) is 27.9. The zero-order chi connectivity index (χ0) is 29.5. The fourth-order valence-corrected chi connectivity index (χ4v) is 6.63. The number of nitrogens with zero attached hydrogens (tertiary/aromatic N) is 2. The van der Waals surface area contributed by atoms with Gasteiger partial charge in [0, 0.05) is 18.8 Å². The number of hydrogen-bond donors (Lipinski definition) is 2. The van der Waals surface area contributed by atoms with Crippen molar-refractivity contribution >= 4 is 27.1 Å². The smallest absolute Gasteiger partial charge is 0.453 e. The van der Waals surface area contributed by atoms with E-state index in [9.17, 15) is 26.7 Å². The molecule has 1 saturated heterocycles. The van der Waals surface area contributed by atoms with Gasteiger partial charge in [-0.05, 0) is 60.7 Å². The molecule has 0 saturated carbocycles. The highest BCUT2D eigenvalue weighted by molar-refractivity contribution is 7.89. The molecule has 0 amide bonds. The molecule has 4 aromatic carbocycles. The third-order valence-corrected chi connectivity index (χ3v) is 8.73. The van der Waals surface area contributed by atoms with E-state index in [1.165, 1.54) is 0 Å². The lowest BCUT2D eigenvalue weighted by atomic mass is 9.94. The van der Waals surface area contributed by atoms with Crippen LogP contribution < -0.4 is 24.0 Å². The lowest BCUT2D eigenvalue weighted by Gasteiger charge is -2.48. The van der Waals surface area contributed by atoms with Crippen molar-refractivity contribution in [3.8, 4) is 17.2 Å². The molecule has 12 heteroatoms. The maximum atomic E-state index is 13.4. The predicted molar refractivity (Wildman–Crippen MR) is 151 cm³/mol. The minimum Gasteiger partial charge on any atom is -0.453 e. The largest absolute Gasteiger partial charge is 0.573 e. The number of anilines is 3. The van der Waals surface area contributed by atoms with Gasteiger partial charge in [-0.3, -0.25) is 0 Å². The van der Waals surface area contributed by atoms with Gasteiger partial charge < -0.3 is 24.4 Å². The van der Waals surface area contributed by atoms with Crippen LogP contribution in [0.2, 0.25) is 0 Å². The SMILES string of the molecule is O=S(=O)(N[C@@H]1CN(c2ccccc2)C[C@H](N2c3ccccc3Oc3ccccc32)[C@H]1O)c1ccc(OC(F)(F)F)cc1. The second-order valence-electron chi connectivity index (χ2n) is 9.95. The number of aliphatic hydroxyl groups is 1. The van der Waals surface area contributed by atoms with Crippen LogP contribution in [0.15, 0.2) is 108 Å². The predicted octanol–water partition coefficient (Wildman–Crippen LogP) is 5.43. The second-order valence-corrected chi connectivity index (χ2v) is 11.7. The molecule has 2 aliphatic heterocycles. The molecule has 0 unspecified atom stereocenters. The number of para-hydroxylation sites is 5. The van der Waals surface area contributed by atoms with Crippen LogP contribution in [0.4, 0.5) is 30.2 Å². The number of benzene rings is 4. The van der Waals surface area contributed by atoms with Crippen LogP contribution in [0.5, 0.6) is 17.2 Å². The van der Waals surface area contributed by atoms with Gasteiger partial charge in [-0.2, -0.15) is 0 Å². The summed E-state index contributed by atoms with van der Waals surface area (Å²) in [6.45, 7) is 0.499. The number of sulfonamides is 1. The Labute approximate surface area is 240 Å². The van der Waals surface area contributed by atoms with E-state index in [-0.39, 0.29) is 11.4 Å². The lowest BCUT2D eigenvalue weighted by molar-refractivity contribution is -0.274. The van der Waals surface area contributed by atoms with Crippen molar-refractivity contribution in [2.24, 2.45) is 0 Å². The molecule has 0 aliphatic carbocycles. The summed E-state index contributed by atoms with van der Waals surface area (Å²) in [6.07, 6.45) is -6.09. The van der Waals surface area contributed by atoms with Crippen LogP contribution >= 0.6 is 0 Å². The number of piperidine rings is 1. The zero-order valence-corrected chi connectivity index (χ0v) is 22.8. The van der Waals surface area contributed by atoms with Crippen molar-refractivity contribution in [1.82, 2.24) is 4.72 Å². The molecule has 218 valence electrons. The summed E-state index contributed by atoms with van der Waals surface area (Å²) in [6, 6.07) is 26.6. The van der Waals surface area contributed by atoms with Crippen molar-refractivity contribution < 1.29 is 36.2 Å². The molecule has 2 heterocycles. The van der Waals surface area contributed by atoms with Gasteiger partial charge in [0.2, 0.25) is 10.0 Å². The molecule has 6 rings (SSSR count). The van der Waals surface area contributed by atoms with E-state index in [1.807, 2.05) is 88.7 Å². The highest BCUT2D eigenvalue weighted by atomic mass is 32.2. The average molecular weight is 598 g/mol. The monoisotopic (exact) mass is 597 g/mol. The Bertz CT molecular complexity index is 1620. The number of rotatable bonds is 6. The summed E-state index contributed by atoms with van der Waals surface area (Å²) in [5, 5.41) is 11.8. The van der Waals surface area contributed by atoms with E-state index in [2.05, 4.69) is 9.46 Å². The third-order valence-electron chi connectivity index (χ3n) is 7.23. The molecule has 0 aromatic heterocycles.